The second-order valence-corrected chi connectivity index (χ2v) is 2.02. The number of hydrogen-bond donors (Lipinski definition) is 1. The fraction of sp³-hybridized carbons (Fsp3) is 0.846. The second kappa shape index (κ2) is 53.5. The van der Waals surface area contributed by atoms with Gasteiger partial charge in [0.1, 0.15) is 0 Å². The first-order valence-electron chi connectivity index (χ1n) is 6.14. The zero-order valence-electron chi connectivity index (χ0n) is 11.6. The van der Waals surface area contributed by atoms with Crippen LogP contribution in [-0.2, 0) is 0 Å². The van der Waals surface area contributed by atoms with Gasteiger partial charge in [0.2, 0.25) is 0 Å². The van der Waals surface area contributed by atoms with Crippen molar-refractivity contribution in [3.8, 4) is 0 Å². The monoisotopic (exact) mass is 203 g/mol. The SMILES string of the molecule is CC.CC.CC/C=C\CCCC.CN. The van der Waals surface area contributed by atoms with Crippen molar-refractivity contribution >= 4 is 0 Å². The van der Waals surface area contributed by atoms with Crippen molar-refractivity contribution in [1.29, 1.82) is 0 Å². The molecule has 0 radical (unpaired) electrons. The lowest BCUT2D eigenvalue weighted by Gasteiger charge is -1.85. The van der Waals surface area contributed by atoms with E-state index in [-0.39, 0.29) is 0 Å². The van der Waals surface area contributed by atoms with Gasteiger partial charge in [-0.05, 0) is 19.9 Å². The lowest BCUT2D eigenvalue weighted by Crippen LogP contribution is -1.69. The van der Waals surface area contributed by atoms with E-state index in [0.717, 1.165) is 0 Å². The molecule has 0 spiro atoms. The van der Waals surface area contributed by atoms with Crippen LogP contribution in [0, 0.1) is 0 Å². The summed E-state index contributed by atoms with van der Waals surface area (Å²) in [6.45, 7) is 12.4. The first-order chi connectivity index (χ1) is 6.91. The van der Waals surface area contributed by atoms with Crippen LogP contribution in [0.1, 0.15) is 67.2 Å². The Hall–Kier alpha value is -0.300. The topological polar surface area (TPSA) is 26.0 Å². The Kier molecular flexibility index (Phi) is 89.8. The molecule has 1 nitrogen and oxygen atoms in total. The number of unbranched alkanes of at least 4 members (excludes halogenated alkanes) is 2. The van der Waals surface area contributed by atoms with Gasteiger partial charge >= 0.3 is 0 Å². The number of rotatable bonds is 4. The van der Waals surface area contributed by atoms with Gasteiger partial charge in [-0.15, -0.1) is 0 Å². The molecule has 0 aromatic rings. The Labute approximate surface area is 92.8 Å². The van der Waals surface area contributed by atoms with Crippen molar-refractivity contribution in [2.24, 2.45) is 5.73 Å². The van der Waals surface area contributed by atoms with Gasteiger partial charge in [-0.25, -0.2) is 0 Å². The zero-order chi connectivity index (χ0) is 12.2. The molecule has 0 aliphatic carbocycles. The second-order valence-electron chi connectivity index (χ2n) is 2.02. The summed E-state index contributed by atoms with van der Waals surface area (Å²) in [5.41, 5.74) is 4.50. The maximum Gasteiger partial charge on any atom is -0.0195 e. The van der Waals surface area contributed by atoms with E-state index in [2.05, 4.69) is 31.7 Å². The fourth-order valence-electron chi connectivity index (χ4n) is 0.606. The summed E-state index contributed by atoms with van der Waals surface area (Å²) in [6, 6.07) is 0. The summed E-state index contributed by atoms with van der Waals surface area (Å²) < 4.78 is 0. The van der Waals surface area contributed by atoms with Crippen molar-refractivity contribution in [1.82, 2.24) is 0 Å². The van der Waals surface area contributed by atoms with Crippen LogP contribution in [0.3, 0.4) is 0 Å². The lowest BCUT2D eigenvalue weighted by molar-refractivity contribution is 0.812. The van der Waals surface area contributed by atoms with Crippen LogP contribution in [0.2, 0.25) is 0 Å². The summed E-state index contributed by atoms with van der Waals surface area (Å²) in [5, 5.41) is 0. The zero-order valence-corrected chi connectivity index (χ0v) is 11.6. The molecule has 0 bridgehead atoms. The molecule has 0 atom stereocenters. The van der Waals surface area contributed by atoms with Crippen molar-refractivity contribution in [3.05, 3.63) is 12.2 Å². The van der Waals surface area contributed by atoms with Crippen LogP contribution in [-0.4, -0.2) is 7.05 Å². The van der Waals surface area contributed by atoms with Gasteiger partial charge < -0.3 is 5.73 Å². The number of hydrogen-bond acceptors (Lipinski definition) is 1. The van der Waals surface area contributed by atoms with Crippen LogP contribution in [0.25, 0.3) is 0 Å². The smallest absolute Gasteiger partial charge is 0.0195 e. The van der Waals surface area contributed by atoms with Crippen LogP contribution < -0.4 is 5.73 Å². The Balaban J connectivity index is -0.0000000708. The quantitative estimate of drug-likeness (QED) is 0.517. The van der Waals surface area contributed by atoms with Gasteiger partial charge in [-0.1, -0.05) is 66.5 Å². The minimum Gasteiger partial charge on any atom is -0.333 e. The van der Waals surface area contributed by atoms with Crippen molar-refractivity contribution in [2.75, 3.05) is 7.05 Å². The number of allylic oxidation sites excluding steroid dienone is 2. The molecule has 0 heterocycles. The van der Waals surface area contributed by atoms with Crippen molar-refractivity contribution in [2.45, 2.75) is 67.2 Å². The standard InChI is InChI=1S/C8H16.2C2H6.CH5N/c1-3-5-7-8-6-4-2;3*1-2/h5,7H,3-4,6,8H2,1-2H3;2*1-2H3;2H2,1H3/b7-5-;;;. The molecule has 0 rings (SSSR count). The van der Waals surface area contributed by atoms with Gasteiger partial charge in [0.05, 0.1) is 0 Å². The van der Waals surface area contributed by atoms with E-state index in [1.54, 1.807) is 0 Å². The predicted octanol–water partition coefficient (Wildman–Crippen LogP) is 4.77. The molecule has 2 N–H and O–H groups in total. The molecule has 90 valence electrons. The van der Waals surface area contributed by atoms with Gasteiger partial charge in [-0.3, -0.25) is 0 Å². The predicted molar refractivity (Wildman–Crippen MR) is 71.8 cm³/mol. The highest BCUT2D eigenvalue weighted by Gasteiger charge is 1.74. The highest BCUT2D eigenvalue weighted by Crippen LogP contribution is 1.94. The average Bonchev–Trinajstić information content (AvgIpc) is 2.33. The molecule has 0 aromatic heterocycles. The van der Waals surface area contributed by atoms with Gasteiger partial charge in [0, 0.05) is 0 Å². The minimum atomic E-state index is 1.18. The van der Waals surface area contributed by atoms with E-state index < -0.39 is 0 Å². The molecular weight excluding hydrogens is 170 g/mol. The molecule has 0 aliphatic rings. The molecule has 1 heteroatoms. The maximum atomic E-state index is 4.50. The van der Waals surface area contributed by atoms with E-state index in [0.29, 0.717) is 0 Å². The molecule has 0 aliphatic heterocycles. The summed E-state index contributed by atoms with van der Waals surface area (Å²) in [7, 11) is 1.50. The van der Waals surface area contributed by atoms with Crippen molar-refractivity contribution in [3.63, 3.8) is 0 Å². The van der Waals surface area contributed by atoms with E-state index in [9.17, 15) is 0 Å². The lowest BCUT2D eigenvalue weighted by atomic mass is 10.2. The normalized spacial score (nSPS) is 7.43. The molecule has 0 aromatic carbocycles. The molecule has 0 fully saturated rings. The average molecular weight is 203 g/mol. The van der Waals surface area contributed by atoms with Crippen LogP contribution in [0.5, 0.6) is 0 Å². The summed E-state index contributed by atoms with van der Waals surface area (Å²) >= 11 is 0. The van der Waals surface area contributed by atoms with E-state index >= 15 is 0 Å². The first-order valence-corrected chi connectivity index (χ1v) is 6.14. The third-order valence-corrected chi connectivity index (χ3v) is 1.13. The summed E-state index contributed by atoms with van der Waals surface area (Å²) in [5.74, 6) is 0. The minimum absolute atomic E-state index is 1.18. The largest absolute Gasteiger partial charge is 0.333 e. The highest BCUT2D eigenvalue weighted by molar-refractivity contribution is 4.79. The maximum absolute atomic E-state index is 4.50. The van der Waals surface area contributed by atoms with Gasteiger partial charge in [0.25, 0.3) is 0 Å². The van der Waals surface area contributed by atoms with Gasteiger partial charge in [0.15, 0.2) is 0 Å². The molecule has 14 heavy (non-hydrogen) atoms. The first kappa shape index (κ1) is 23.5. The van der Waals surface area contributed by atoms with E-state index in [1.807, 2.05) is 27.7 Å². The molecular formula is C13H33N. The van der Waals surface area contributed by atoms with Crippen LogP contribution in [0.15, 0.2) is 12.2 Å². The highest BCUT2D eigenvalue weighted by atomic mass is 14.4. The fourth-order valence-corrected chi connectivity index (χ4v) is 0.606. The van der Waals surface area contributed by atoms with E-state index in [4.69, 9.17) is 0 Å². The molecule has 0 amide bonds. The molecule has 0 unspecified atom stereocenters. The van der Waals surface area contributed by atoms with Crippen molar-refractivity contribution < 1.29 is 0 Å². The Morgan fingerprint density at radius 1 is 0.857 bits per heavy atom. The van der Waals surface area contributed by atoms with Crippen LogP contribution >= 0.6 is 0 Å². The summed E-state index contributed by atoms with van der Waals surface area (Å²) in [6.07, 6.45) is 9.61. The van der Waals surface area contributed by atoms with E-state index in [1.165, 1.54) is 32.7 Å². The molecule has 0 saturated carbocycles. The third kappa shape index (κ3) is 60.6. The third-order valence-electron chi connectivity index (χ3n) is 1.13. The Morgan fingerprint density at radius 2 is 1.29 bits per heavy atom. The Bertz CT molecular complexity index is 58.3. The summed E-state index contributed by atoms with van der Waals surface area (Å²) in [4.78, 5) is 0. The number of nitrogens with two attached hydrogens (primary N) is 1. The molecule has 0 saturated heterocycles. The van der Waals surface area contributed by atoms with Crippen LogP contribution in [0.4, 0.5) is 0 Å². The Morgan fingerprint density at radius 3 is 1.57 bits per heavy atom. The van der Waals surface area contributed by atoms with Gasteiger partial charge in [-0.2, -0.15) is 0 Å².